The van der Waals surface area contributed by atoms with Gasteiger partial charge < -0.3 is 0 Å². The number of hydrogen-bond donors (Lipinski definition) is 0. The van der Waals surface area contributed by atoms with Gasteiger partial charge in [-0.3, -0.25) is 4.98 Å². The minimum Gasteiger partial charge on any atom is -0.253 e. The summed E-state index contributed by atoms with van der Waals surface area (Å²) in [6.07, 6.45) is 0. The fourth-order valence-corrected chi connectivity index (χ4v) is 1.63. The third-order valence-electron chi connectivity index (χ3n) is 2.23. The number of nitrogens with zero attached hydrogens (tertiary/aromatic N) is 4. The fourth-order valence-electron chi connectivity index (χ4n) is 1.63. The maximum atomic E-state index is 8.31. The van der Waals surface area contributed by atoms with Crippen LogP contribution in [0.5, 0.6) is 0 Å². The molecular formula is C11H10N4. The van der Waals surface area contributed by atoms with Crippen molar-refractivity contribution < 1.29 is 0 Å². The van der Waals surface area contributed by atoms with Crippen LogP contribution in [0.4, 0.5) is 0 Å². The van der Waals surface area contributed by atoms with Crippen LogP contribution >= 0.6 is 0 Å². The lowest BCUT2D eigenvalue weighted by atomic mass is 10.1. The second-order valence-electron chi connectivity index (χ2n) is 3.33. The molecule has 1 aromatic carbocycles. The lowest BCUT2D eigenvalue weighted by Crippen LogP contribution is -1.90. The standard InChI is InChI=1S/C11H10N4/c1-8-6-9(7-13-15-12)10-4-2-3-5-11(10)14-8/h2-6H,7H2,1H3. The number of rotatable bonds is 2. The van der Waals surface area contributed by atoms with E-state index >= 15 is 0 Å². The molecule has 15 heavy (non-hydrogen) atoms. The number of fused-ring (bicyclic) bond motifs is 1. The van der Waals surface area contributed by atoms with Crippen LogP contribution in [0.15, 0.2) is 35.4 Å². The van der Waals surface area contributed by atoms with Crippen LogP contribution in [0.3, 0.4) is 0 Å². The van der Waals surface area contributed by atoms with Crippen molar-refractivity contribution in [2.45, 2.75) is 13.5 Å². The van der Waals surface area contributed by atoms with Crippen molar-refractivity contribution in [3.63, 3.8) is 0 Å². The SMILES string of the molecule is Cc1cc(CN=[N+]=[N-])c2ccccc2n1. The smallest absolute Gasteiger partial charge is 0.0707 e. The Morgan fingerprint density at radius 2 is 2.20 bits per heavy atom. The first kappa shape index (κ1) is 9.49. The molecule has 0 unspecified atom stereocenters. The zero-order valence-electron chi connectivity index (χ0n) is 8.38. The lowest BCUT2D eigenvalue weighted by molar-refractivity contribution is 1.05. The lowest BCUT2D eigenvalue weighted by Gasteiger charge is -2.04. The zero-order valence-corrected chi connectivity index (χ0v) is 8.38. The van der Waals surface area contributed by atoms with Gasteiger partial charge in [0, 0.05) is 16.0 Å². The van der Waals surface area contributed by atoms with Gasteiger partial charge in [-0.1, -0.05) is 23.3 Å². The zero-order chi connectivity index (χ0) is 10.7. The predicted octanol–water partition coefficient (Wildman–Crippen LogP) is 3.35. The summed E-state index contributed by atoms with van der Waals surface area (Å²) in [7, 11) is 0. The predicted molar refractivity (Wildman–Crippen MR) is 59.3 cm³/mol. The molecule has 1 heterocycles. The van der Waals surface area contributed by atoms with Crippen LogP contribution in [-0.4, -0.2) is 4.98 Å². The van der Waals surface area contributed by atoms with E-state index in [2.05, 4.69) is 15.0 Å². The molecule has 0 spiro atoms. The van der Waals surface area contributed by atoms with E-state index in [4.69, 9.17) is 5.53 Å². The normalized spacial score (nSPS) is 9.93. The van der Waals surface area contributed by atoms with Crippen molar-refractivity contribution in [2.24, 2.45) is 5.11 Å². The molecule has 0 aliphatic heterocycles. The Bertz CT molecular complexity index is 541. The maximum absolute atomic E-state index is 8.31. The average molecular weight is 198 g/mol. The molecule has 0 radical (unpaired) electrons. The molecule has 0 saturated carbocycles. The molecule has 74 valence electrons. The summed E-state index contributed by atoms with van der Waals surface area (Å²) in [6.45, 7) is 2.31. The third kappa shape index (κ3) is 1.90. The number of benzene rings is 1. The Morgan fingerprint density at radius 3 is 3.00 bits per heavy atom. The van der Waals surface area contributed by atoms with Gasteiger partial charge in [0.05, 0.1) is 12.1 Å². The Balaban J connectivity index is 2.65. The first-order valence-electron chi connectivity index (χ1n) is 4.67. The molecule has 0 N–H and O–H groups in total. The molecule has 1 aromatic heterocycles. The van der Waals surface area contributed by atoms with Gasteiger partial charge in [-0.05, 0) is 30.2 Å². The third-order valence-corrected chi connectivity index (χ3v) is 2.23. The van der Waals surface area contributed by atoms with Gasteiger partial charge in [-0.2, -0.15) is 0 Å². The van der Waals surface area contributed by atoms with Crippen LogP contribution in [0.25, 0.3) is 21.3 Å². The van der Waals surface area contributed by atoms with Crippen molar-refractivity contribution >= 4 is 10.9 Å². The van der Waals surface area contributed by atoms with E-state index in [1.165, 1.54) is 0 Å². The first-order chi connectivity index (χ1) is 7.31. The van der Waals surface area contributed by atoms with E-state index < -0.39 is 0 Å². The van der Waals surface area contributed by atoms with Crippen LogP contribution in [-0.2, 0) is 6.54 Å². The highest BCUT2D eigenvalue weighted by Gasteiger charge is 2.01. The quantitative estimate of drug-likeness (QED) is 0.414. The number of pyridine rings is 1. The fraction of sp³-hybridized carbons (Fsp3) is 0.182. The van der Waals surface area contributed by atoms with Crippen LogP contribution in [0, 0.1) is 6.92 Å². The molecule has 0 bridgehead atoms. The van der Waals surface area contributed by atoms with Gasteiger partial charge in [0.2, 0.25) is 0 Å². The van der Waals surface area contributed by atoms with Crippen LogP contribution in [0.2, 0.25) is 0 Å². The molecule has 2 aromatic rings. The van der Waals surface area contributed by atoms with E-state index in [0.717, 1.165) is 22.2 Å². The molecule has 0 amide bonds. The topological polar surface area (TPSA) is 61.7 Å². The van der Waals surface area contributed by atoms with E-state index in [1.807, 2.05) is 37.3 Å². The van der Waals surface area contributed by atoms with E-state index in [-0.39, 0.29) is 0 Å². The summed E-state index contributed by atoms with van der Waals surface area (Å²) in [5.41, 5.74) is 11.2. The highest BCUT2D eigenvalue weighted by molar-refractivity contribution is 5.82. The highest BCUT2D eigenvalue weighted by atomic mass is 15.1. The maximum Gasteiger partial charge on any atom is 0.0707 e. The van der Waals surface area contributed by atoms with Crippen LogP contribution in [0.1, 0.15) is 11.3 Å². The molecule has 4 heteroatoms. The Kier molecular flexibility index (Phi) is 2.52. The second-order valence-corrected chi connectivity index (χ2v) is 3.33. The molecule has 0 fully saturated rings. The van der Waals surface area contributed by atoms with E-state index in [1.54, 1.807) is 0 Å². The van der Waals surface area contributed by atoms with Gasteiger partial charge in [0.15, 0.2) is 0 Å². The molecule has 0 aliphatic carbocycles. The minimum atomic E-state index is 0.375. The minimum absolute atomic E-state index is 0.375. The summed E-state index contributed by atoms with van der Waals surface area (Å²) in [5.74, 6) is 0. The summed E-state index contributed by atoms with van der Waals surface area (Å²) in [5, 5.41) is 4.64. The average Bonchev–Trinajstić information content (AvgIpc) is 2.25. The molecule has 0 aliphatic rings. The summed E-state index contributed by atoms with van der Waals surface area (Å²) in [6, 6.07) is 9.81. The van der Waals surface area contributed by atoms with Crippen molar-refractivity contribution in [3.05, 3.63) is 52.0 Å². The number of aromatic nitrogens is 1. The largest absolute Gasteiger partial charge is 0.253 e. The number of hydrogen-bond acceptors (Lipinski definition) is 2. The first-order valence-corrected chi connectivity index (χ1v) is 4.67. The van der Waals surface area contributed by atoms with E-state index in [0.29, 0.717) is 6.54 Å². The summed E-state index contributed by atoms with van der Waals surface area (Å²) in [4.78, 5) is 7.18. The van der Waals surface area contributed by atoms with Gasteiger partial charge in [0.25, 0.3) is 0 Å². The van der Waals surface area contributed by atoms with Crippen molar-refractivity contribution in [2.75, 3.05) is 0 Å². The number of para-hydroxylation sites is 1. The molecular weight excluding hydrogens is 188 g/mol. The Hall–Kier alpha value is -2.06. The van der Waals surface area contributed by atoms with Crippen molar-refractivity contribution in [3.8, 4) is 0 Å². The summed E-state index contributed by atoms with van der Waals surface area (Å²) < 4.78 is 0. The molecule has 4 nitrogen and oxygen atoms in total. The second kappa shape index (κ2) is 3.98. The van der Waals surface area contributed by atoms with Gasteiger partial charge in [-0.15, -0.1) is 0 Å². The van der Waals surface area contributed by atoms with E-state index in [9.17, 15) is 0 Å². The van der Waals surface area contributed by atoms with Gasteiger partial charge in [-0.25, -0.2) is 0 Å². The highest BCUT2D eigenvalue weighted by Crippen LogP contribution is 2.18. The Morgan fingerprint density at radius 1 is 1.40 bits per heavy atom. The van der Waals surface area contributed by atoms with Gasteiger partial charge >= 0.3 is 0 Å². The Labute approximate surface area is 87.2 Å². The van der Waals surface area contributed by atoms with Crippen molar-refractivity contribution in [1.82, 2.24) is 4.98 Å². The van der Waals surface area contributed by atoms with Gasteiger partial charge in [0.1, 0.15) is 0 Å². The van der Waals surface area contributed by atoms with Crippen LogP contribution < -0.4 is 0 Å². The molecule has 2 rings (SSSR count). The number of aryl methyl sites for hydroxylation is 1. The number of azide groups is 1. The molecule has 0 atom stereocenters. The van der Waals surface area contributed by atoms with Crippen molar-refractivity contribution in [1.29, 1.82) is 0 Å². The monoisotopic (exact) mass is 198 g/mol. The molecule has 0 saturated heterocycles. The summed E-state index contributed by atoms with van der Waals surface area (Å²) >= 11 is 0.